The Hall–Kier alpha value is -3.57. The van der Waals surface area contributed by atoms with Crippen LogP contribution in [0.25, 0.3) is 21.8 Å². The molecule has 37 heavy (non-hydrogen) atoms. The molecule has 0 radical (unpaired) electrons. The zero-order valence-corrected chi connectivity index (χ0v) is 22.6. The minimum atomic E-state index is -1.33. The molecule has 9 nitrogen and oxygen atoms in total. The monoisotopic (exact) mass is 547 g/mol. The molecule has 0 unspecified atom stereocenters. The van der Waals surface area contributed by atoms with Crippen LogP contribution in [0.3, 0.4) is 0 Å². The van der Waals surface area contributed by atoms with E-state index in [1.54, 1.807) is 40.7 Å². The molecule has 0 saturated heterocycles. The van der Waals surface area contributed by atoms with Gasteiger partial charge >= 0.3 is 12.2 Å². The Balaban J connectivity index is 2.18. The summed E-state index contributed by atoms with van der Waals surface area (Å²) in [5.74, 6) is -0.789. The minimum absolute atomic E-state index is 0.0122. The van der Waals surface area contributed by atoms with Gasteiger partial charge in [0.25, 0.3) is 0 Å². The van der Waals surface area contributed by atoms with Crippen molar-refractivity contribution in [2.24, 2.45) is 0 Å². The van der Waals surface area contributed by atoms with Crippen LogP contribution in [0.15, 0.2) is 43.1 Å². The number of amides is 2. The summed E-state index contributed by atoms with van der Waals surface area (Å²) in [4.78, 5) is 38.4. The average molecular weight is 548 g/mol. The maximum atomic E-state index is 15.8. The molecule has 0 spiro atoms. The molecule has 2 aromatic heterocycles. The lowest BCUT2D eigenvalue weighted by Crippen LogP contribution is -2.43. The molecule has 0 bridgehead atoms. The number of benzene rings is 1. The summed E-state index contributed by atoms with van der Waals surface area (Å²) in [5, 5.41) is 12.8. The molecule has 3 aromatic rings. The second-order valence-corrected chi connectivity index (χ2v) is 10.8. The molecule has 2 amide bonds. The van der Waals surface area contributed by atoms with Crippen molar-refractivity contribution < 1.29 is 23.8 Å². The number of nitrogens with zero attached hydrogens (tertiary/aromatic N) is 4. The lowest BCUT2D eigenvalue weighted by atomic mass is 10.1. The van der Waals surface area contributed by atoms with Crippen LogP contribution in [-0.2, 0) is 10.3 Å². The third-order valence-electron chi connectivity index (χ3n) is 4.90. The Kier molecular flexibility index (Phi) is 8.19. The Labute approximate surface area is 223 Å². The number of rotatable bonds is 7. The lowest BCUT2D eigenvalue weighted by Gasteiger charge is -2.27. The van der Waals surface area contributed by atoms with Crippen LogP contribution in [0, 0.1) is 5.82 Å². The number of thiazole rings is 1. The molecule has 0 aliphatic carbocycles. The van der Waals surface area contributed by atoms with Crippen LogP contribution in [0.1, 0.15) is 39.6 Å². The fourth-order valence-corrected chi connectivity index (χ4v) is 4.59. The van der Waals surface area contributed by atoms with Crippen LogP contribution in [0.4, 0.5) is 19.7 Å². The highest BCUT2D eigenvalue weighted by atomic mass is 35.5. The summed E-state index contributed by atoms with van der Waals surface area (Å²) >= 11 is 7.20. The van der Waals surface area contributed by atoms with E-state index in [0.29, 0.717) is 15.6 Å². The number of aromatic nitrogens is 3. The van der Waals surface area contributed by atoms with E-state index in [1.807, 2.05) is 0 Å². The zero-order valence-electron chi connectivity index (χ0n) is 21.0. The average Bonchev–Trinajstić information content (AvgIpc) is 3.22. The summed E-state index contributed by atoms with van der Waals surface area (Å²) < 4.78 is 21.2. The first-order chi connectivity index (χ1) is 17.2. The van der Waals surface area contributed by atoms with Gasteiger partial charge in [-0.25, -0.2) is 28.9 Å². The summed E-state index contributed by atoms with van der Waals surface area (Å²) in [6.45, 7) is 12.2. The predicted octanol–water partition coefficient (Wildman–Crippen LogP) is 6.49. The topological polar surface area (TPSA) is 118 Å². The van der Waals surface area contributed by atoms with Gasteiger partial charge in [0.1, 0.15) is 10.6 Å². The van der Waals surface area contributed by atoms with E-state index in [0.717, 1.165) is 4.90 Å². The van der Waals surface area contributed by atoms with E-state index in [9.17, 15) is 14.7 Å². The fourth-order valence-electron chi connectivity index (χ4n) is 3.34. The SMILES string of the molecule is C=CCN(C(=O)O)c1cccc(-c2nc(C(C)(C)NC(=O)OC(C)(C)C)sc2-c2ccnc(Cl)n2)c1F. The zero-order chi connectivity index (χ0) is 27.5. The second kappa shape index (κ2) is 10.8. The Morgan fingerprint density at radius 1 is 1.24 bits per heavy atom. The summed E-state index contributed by atoms with van der Waals surface area (Å²) in [6.07, 6.45) is 0.845. The minimum Gasteiger partial charge on any atom is -0.465 e. The molecule has 2 N–H and O–H groups in total. The van der Waals surface area contributed by atoms with Crippen molar-refractivity contribution in [3.63, 3.8) is 0 Å². The molecule has 0 aliphatic rings. The van der Waals surface area contributed by atoms with Crippen LogP contribution >= 0.6 is 22.9 Å². The van der Waals surface area contributed by atoms with Crippen LogP contribution in [0.2, 0.25) is 5.28 Å². The summed E-state index contributed by atoms with van der Waals surface area (Å²) in [6, 6.07) is 5.99. The van der Waals surface area contributed by atoms with Crippen molar-refractivity contribution in [2.45, 2.75) is 45.8 Å². The van der Waals surface area contributed by atoms with E-state index in [2.05, 4.69) is 26.8 Å². The number of hydrogen-bond donors (Lipinski definition) is 2. The van der Waals surface area contributed by atoms with Gasteiger partial charge in [-0.1, -0.05) is 12.1 Å². The van der Waals surface area contributed by atoms with Crippen molar-refractivity contribution in [1.82, 2.24) is 20.3 Å². The maximum absolute atomic E-state index is 15.8. The van der Waals surface area contributed by atoms with Crippen LogP contribution in [-0.4, -0.2) is 44.4 Å². The third kappa shape index (κ3) is 6.60. The van der Waals surface area contributed by atoms with Gasteiger partial charge in [-0.3, -0.25) is 4.90 Å². The Bertz CT molecular complexity index is 1340. The van der Waals surface area contributed by atoms with Crippen LogP contribution in [0.5, 0.6) is 0 Å². The van der Waals surface area contributed by atoms with E-state index in [-0.39, 0.29) is 28.8 Å². The van der Waals surface area contributed by atoms with Crippen molar-refractivity contribution >= 4 is 40.8 Å². The number of ether oxygens (including phenoxy) is 1. The smallest absolute Gasteiger partial charge is 0.412 e. The molecule has 196 valence electrons. The number of alkyl carbamates (subject to hydrolysis) is 1. The third-order valence-corrected chi connectivity index (χ3v) is 6.48. The molecule has 2 heterocycles. The molecule has 12 heteroatoms. The van der Waals surface area contributed by atoms with Crippen molar-refractivity contribution in [2.75, 3.05) is 11.4 Å². The lowest BCUT2D eigenvalue weighted by molar-refractivity contribution is 0.0470. The predicted molar refractivity (Wildman–Crippen MR) is 142 cm³/mol. The van der Waals surface area contributed by atoms with Gasteiger partial charge in [0.15, 0.2) is 5.82 Å². The first-order valence-electron chi connectivity index (χ1n) is 11.1. The molecule has 3 rings (SSSR count). The quantitative estimate of drug-likeness (QED) is 0.256. The van der Waals surface area contributed by atoms with E-state index in [1.165, 1.54) is 41.8 Å². The van der Waals surface area contributed by atoms with Gasteiger partial charge in [-0.15, -0.1) is 17.9 Å². The van der Waals surface area contributed by atoms with Crippen molar-refractivity contribution in [3.05, 3.63) is 59.2 Å². The molecule has 0 aliphatic heterocycles. The summed E-state index contributed by atoms with van der Waals surface area (Å²) in [5.41, 5.74) is -1.23. The number of carbonyl (C=O) groups is 2. The van der Waals surface area contributed by atoms with Crippen molar-refractivity contribution in [1.29, 1.82) is 0 Å². The van der Waals surface area contributed by atoms with E-state index in [4.69, 9.17) is 16.3 Å². The number of halogens is 2. The van der Waals surface area contributed by atoms with Crippen LogP contribution < -0.4 is 10.2 Å². The Morgan fingerprint density at radius 3 is 2.54 bits per heavy atom. The Morgan fingerprint density at radius 2 is 1.95 bits per heavy atom. The highest BCUT2D eigenvalue weighted by Crippen LogP contribution is 2.42. The standard InChI is InChI=1S/C25H27ClFN5O4S/c1-7-13-32(23(34)35)16-10-8-9-14(17(16)27)18-19(15-11-12-28-21(26)29-15)37-20(30-18)25(5,6)31-22(33)36-24(2,3)4/h7-12H,1,13H2,2-6H3,(H,31,33)(H,34,35). The van der Waals surface area contributed by atoms with Crippen molar-refractivity contribution in [3.8, 4) is 21.8 Å². The maximum Gasteiger partial charge on any atom is 0.412 e. The molecule has 0 atom stereocenters. The van der Waals surface area contributed by atoms with Gasteiger partial charge in [0.05, 0.1) is 27.5 Å². The van der Waals surface area contributed by atoms with Gasteiger partial charge < -0.3 is 15.2 Å². The van der Waals surface area contributed by atoms with E-state index < -0.39 is 29.1 Å². The van der Waals surface area contributed by atoms with E-state index >= 15 is 4.39 Å². The number of carboxylic acid groups (broad SMARTS) is 1. The highest BCUT2D eigenvalue weighted by molar-refractivity contribution is 7.15. The molecular weight excluding hydrogens is 521 g/mol. The van der Waals surface area contributed by atoms with Gasteiger partial charge in [0.2, 0.25) is 5.28 Å². The molecule has 0 saturated carbocycles. The number of nitrogens with one attached hydrogen (secondary N) is 1. The summed E-state index contributed by atoms with van der Waals surface area (Å²) in [7, 11) is 0. The second-order valence-electron chi connectivity index (χ2n) is 9.48. The number of anilines is 1. The molecule has 0 fully saturated rings. The van der Waals surface area contributed by atoms with Gasteiger partial charge in [0, 0.05) is 18.3 Å². The first-order valence-corrected chi connectivity index (χ1v) is 12.3. The molecule has 1 aromatic carbocycles. The number of carbonyl (C=O) groups excluding carboxylic acids is 1. The highest BCUT2D eigenvalue weighted by Gasteiger charge is 2.32. The van der Waals surface area contributed by atoms with Gasteiger partial charge in [-0.2, -0.15) is 0 Å². The fraction of sp³-hybridized carbons (Fsp3) is 0.320. The number of hydrogen-bond acceptors (Lipinski definition) is 7. The normalized spacial score (nSPS) is 11.6. The first kappa shape index (κ1) is 28.0. The molecular formula is C25H27ClFN5O4S. The largest absolute Gasteiger partial charge is 0.465 e. The van der Waals surface area contributed by atoms with Gasteiger partial charge in [-0.05, 0) is 64.4 Å².